The van der Waals surface area contributed by atoms with E-state index in [0.29, 0.717) is 24.5 Å². The molecule has 1 saturated heterocycles. The second-order valence-electron chi connectivity index (χ2n) is 6.70. The van der Waals surface area contributed by atoms with Crippen LogP contribution in [0.2, 0.25) is 0 Å². The minimum Gasteiger partial charge on any atom is -0.487 e. The quantitative estimate of drug-likeness (QED) is 0.663. The van der Waals surface area contributed by atoms with E-state index in [1.165, 1.54) is 24.2 Å². The minimum atomic E-state index is -0.136. The van der Waals surface area contributed by atoms with Crippen LogP contribution in [-0.2, 0) is 13.2 Å². The van der Waals surface area contributed by atoms with E-state index < -0.39 is 0 Å². The number of thiazole rings is 1. The molecule has 1 N–H and O–H groups in total. The lowest BCUT2D eigenvalue weighted by Gasteiger charge is -2.16. The molecule has 0 aliphatic carbocycles. The molecule has 0 spiro atoms. The fraction of sp³-hybridized carbons (Fsp3) is 0.286. The molecule has 1 fully saturated rings. The van der Waals surface area contributed by atoms with Crippen LogP contribution in [0.4, 0.5) is 5.82 Å². The number of rotatable bonds is 7. The number of aromatic nitrogens is 2. The lowest BCUT2D eigenvalue weighted by atomic mass is 10.2. The highest BCUT2D eigenvalue weighted by molar-refractivity contribution is 7.07. The molecule has 0 saturated carbocycles. The Bertz CT molecular complexity index is 906. The zero-order valence-corrected chi connectivity index (χ0v) is 16.3. The van der Waals surface area contributed by atoms with Crippen molar-refractivity contribution in [1.29, 1.82) is 0 Å². The number of nitrogens with one attached hydrogen (secondary N) is 1. The summed E-state index contributed by atoms with van der Waals surface area (Å²) in [5, 5.41) is 4.89. The zero-order valence-electron chi connectivity index (χ0n) is 15.5. The van der Waals surface area contributed by atoms with Gasteiger partial charge in [0.25, 0.3) is 5.91 Å². The predicted octanol–water partition coefficient (Wildman–Crippen LogP) is 3.65. The Balaban J connectivity index is 1.31. The summed E-state index contributed by atoms with van der Waals surface area (Å²) in [6, 6.07) is 11.2. The van der Waals surface area contributed by atoms with Gasteiger partial charge in [-0.25, -0.2) is 9.97 Å². The molecular formula is C21H22N4O2S. The average Bonchev–Trinajstić information content (AvgIpc) is 3.45. The van der Waals surface area contributed by atoms with Crippen molar-refractivity contribution in [2.24, 2.45) is 0 Å². The first-order chi connectivity index (χ1) is 13.8. The maximum absolute atomic E-state index is 12.5. The number of amides is 1. The topological polar surface area (TPSA) is 67.4 Å². The standard InChI is InChI=1S/C21H22N4O2S/c26-21(17-4-3-5-19(10-17)27-13-18-14-28-15-24-18)23-12-16-6-7-20(22-11-16)25-8-1-2-9-25/h3-7,10-11,14-15H,1-2,8-9,12-13H2,(H,23,26). The van der Waals surface area contributed by atoms with Gasteiger partial charge in [-0.05, 0) is 42.7 Å². The van der Waals surface area contributed by atoms with E-state index in [9.17, 15) is 4.79 Å². The highest BCUT2D eigenvalue weighted by atomic mass is 32.1. The Labute approximate surface area is 168 Å². The van der Waals surface area contributed by atoms with E-state index in [1.807, 2.05) is 35.8 Å². The van der Waals surface area contributed by atoms with Gasteiger partial charge in [0.05, 0.1) is 11.2 Å². The van der Waals surface area contributed by atoms with E-state index in [2.05, 4.69) is 20.2 Å². The highest BCUT2D eigenvalue weighted by Gasteiger charge is 2.13. The van der Waals surface area contributed by atoms with Gasteiger partial charge >= 0.3 is 0 Å². The third kappa shape index (κ3) is 4.67. The number of carbonyl (C=O) groups is 1. The lowest BCUT2D eigenvalue weighted by molar-refractivity contribution is 0.0950. The van der Waals surface area contributed by atoms with Crippen molar-refractivity contribution < 1.29 is 9.53 Å². The monoisotopic (exact) mass is 394 g/mol. The van der Waals surface area contributed by atoms with Gasteiger partial charge in [0.15, 0.2) is 0 Å². The van der Waals surface area contributed by atoms with Crippen LogP contribution in [0.25, 0.3) is 0 Å². The van der Waals surface area contributed by atoms with Gasteiger partial charge in [0, 0.05) is 36.8 Å². The van der Waals surface area contributed by atoms with Crippen LogP contribution in [0.15, 0.2) is 53.5 Å². The van der Waals surface area contributed by atoms with E-state index in [1.54, 1.807) is 17.6 Å². The van der Waals surface area contributed by atoms with Gasteiger partial charge in [0.2, 0.25) is 0 Å². The number of hydrogen-bond donors (Lipinski definition) is 1. The van der Waals surface area contributed by atoms with Gasteiger partial charge < -0.3 is 15.0 Å². The van der Waals surface area contributed by atoms with E-state index in [-0.39, 0.29) is 5.91 Å². The van der Waals surface area contributed by atoms with Crippen molar-refractivity contribution in [3.05, 3.63) is 70.3 Å². The number of ether oxygens (including phenoxy) is 1. The van der Waals surface area contributed by atoms with E-state index in [4.69, 9.17) is 4.74 Å². The number of carbonyl (C=O) groups excluding carboxylic acids is 1. The molecular weight excluding hydrogens is 372 g/mol. The Morgan fingerprint density at radius 3 is 2.82 bits per heavy atom. The van der Waals surface area contributed by atoms with Crippen molar-refractivity contribution in [2.45, 2.75) is 26.0 Å². The Hall–Kier alpha value is -2.93. The maximum Gasteiger partial charge on any atom is 0.251 e. The van der Waals surface area contributed by atoms with E-state index >= 15 is 0 Å². The summed E-state index contributed by atoms with van der Waals surface area (Å²) in [6.45, 7) is 2.98. The first kappa shape index (κ1) is 18.4. The number of anilines is 1. The van der Waals surface area contributed by atoms with Gasteiger partial charge in [-0.2, -0.15) is 0 Å². The normalized spacial score (nSPS) is 13.5. The van der Waals surface area contributed by atoms with Crippen molar-refractivity contribution in [1.82, 2.24) is 15.3 Å². The number of nitrogens with zero attached hydrogens (tertiary/aromatic N) is 3. The van der Waals surface area contributed by atoms with E-state index in [0.717, 1.165) is 30.2 Å². The molecule has 0 bridgehead atoms. The molecule has 0 atom stereocenters. The van der Waals surface area contributed by atoms with Crippen LogP contribution in [0.5, 0.6) is 5.75 Å². The van der Waals surface area contributed by atoms with Crippen LogP contribution in [0, 0.1) is 0 Å². The molecule has 2 aromatic heterocycles. The molecule has 7 heteroatoms. The van der Waals surface area contributed by atoms with Crippen molar-refractivity contribution in [3.8, 4) is 5.75 Å². The fourth-order valence-corrected chi connectivity index (χ4v) is 3.68. The largest absolute Gasteiger partial charge is 0.487 e. The third-order valence-electron chi connectivity index (χ3n) is 4.66. The van der Waals surface area contributed by atoms with Crippen molar-refractivity contribution in [3.63, 3.8) is 0 Å². The molecule has 1 aliphatic rings. The van der Waals surface area contributed by atoms with Gasteiger partial charge in [-0.15, -0.1) is 11.3 Å². The fourth-order valence-electron chi connectivity index (χ4n) is 3.13. The second kappa shape index (κ2) is 8.84. The summed E-state index contributed by atoms with van der Waals surface area (Å²) < 4.78 is 5.72. The summed E-state index contributed by atoms with van der Waals surface area (Å²) >= 11 is 1.53. The lowest BCUT2D eigenvalue weighted by Crippen LogP contribution is -2.23. The molecule has 1 aliphatic heterocycles. The average molecular weight is 395 g/mol. The molecule has 1 aromatic carbocycles. The summed E-state index contributed by atoms with van der Waals surface area (Å²) in [5.74, 6) is 1.53. The molecule has 3 aromatic rings. The molecule has 0 radical (unpaired) electrons. The van der Waals surface area contributed by atoms with Crippen molar-refractivity contribution >= 4 is 23.1 Å². The summed E-state index contributed by atoms with van der Waals surface area (Å²) in [4.78, 5) is 23.5. The van der Waals surface area contributed by atoms with Crippen LogP contribution >= 0.6 is 11.3 Å². The first-order valence-corrected chi connectivity index (χ1v) is 10.3. The summed E-state index contributed by atoms with van der Waals surface area (Å²) in [5.41, 5.74) is 4.20. The minimum absolute atomic E-state index is 0.136. The number of benzene rings is 1. The third-order valence-corrected chi connectivity index (χ3v) is 5.29. The van der Waals surface area contributed by atoms with Crippen molar-refractivity contribution in [2.75, 3.05) is 18.0 Å². The summed E-state index contributed by atoms with van der Waals surface area (Å²) in [6.07, 6.45) is 4.29. The molecule has 1 amide bonds. The van der Waals surface area contributed by atoms with Gasteiger partial charge in [-0.3, -0.25) is 4.79 Å². The van der Waals surface area contributed by atoms with Gasteiger partial charge in [-0.1, -0.05) is 12.1 Å². The number of pyridine rings is 1. The first-order valence-electron chi connectivity index (χ1n) is 9.36. The van der Waals surface area contributed by atoms with Crippen LogP contribution in [0.1, 0.15) is 34.5 Å². The van der Waals surface area contributed by atoms with Crippen LogP contribution in [0.3, 0.4) is 0 Å². The molecule has 6 nitrogen and oxygen atoms in total. The summed E-state index contributed by atoms with van der Waals surface area (Å²) in [7, 11) is 0. The SMILES string of the molecule is O=C(NCc1ccc(N2CCCC2)nc1)c1cccc(OCc2cscn2)c1. The predicted molar refractivity (Wildman–Crippen MR) is 110 cm³/mol. The highest BCUT2D eigenvalue weighted by Crippen LogP contribution is 2.18. The van der Waals surface area contributed by atoms with Crippen LogP contribution in [-0.4, -0.2) is 29.0 Å². The molecule has 3 heterocycles. The molecule has 144 valence electrons. The molecule has 4 rings (SSSR count). The zero-order chi connectivity index (χ0) is 19.2. The number of hydrogen-bond acceptors (Lipinski definition) is 6. The van der Waals surface area contributed by atoms with Gasteiger partial charge in [0.1, 0.15) is 18.2 Å². The molecule has 28 heavy (non-hydrogen) atoms. The maximum atomic E-state index is 12.5. The Morgan fingerprint density at radius 1 is 1.18 bits per heavy atom. The second-order valence-corrected chi connectivity index (χ2v) is 7.42. The Kier molecular flexibility index (Phi) is 5.82. The Morgan fingerprint density at radius 2 is 2.07 bits per heavy atom. The van der Waals surface area contributed by atoms with Crippen LogP contribution < -0.4 is 15.0 Å². The molecule has 0 unspecified atom stereocenters. The smallest absolute Gasteiger partial charge is 0.251 e.